The second-order valence-electron chi connectivity index (χ2n) is 10.6. The molecule has 0 aromatic carbocycles. The fourth-order valence-electron chi connectivity index (χ4n) is 6.95. The Kier molecular flexibility index (Phi) is 7.60. The zero-order valence-electron chi connectivity index (χ0n) is 18.9. The highest BCUT2D eigenvalue weighted by Gasteiger charge is 2.49. The lowest BCUT2D eigenvalue weighted by Gasteiger charge is -2.38. The first-order valence-corrected chi connectivity index (χ1v) is 12.5. The summed E-state index contributed by atoms with van der Waals surface area (Å²) < 4.78 is 40.4. The van der Waals surface area contributed by atoms with Gasteiger partial charge in [0.25, 0.3) is 6.43 Å². The number of amidine groups is 1. The van der Waals surface area contributed by atoms with E-state index in [9.17, 15) is 13.2 Å². The molecule has 1 saturated heterocycles. The topological polar surface area (TPSA) is 48.8 Å². The summed E-state index contributed by atoms with van der Waals surface area (Å²) in [5.41, 5.74) is 2.82. The largest absolute Gasteiger partial charge is 0.313 e. The van der Waals surface area contributed by atoms with Crippen molar-refractivity contribution < 1.29 is 13.2 Å². The van der Waals surface area contributed by atoms with Gasteiger partial charge in [-0.1, -0.05) is 32.6 Å². The zero-order chi connectivity index (χ0) is 21.8. The highest BCUT2D eigenvalue weighted by Crippen LogP contribution is 2.51. The summed E-state index contributed by atoms with van der Waals surface area (Å²) in [6.45, 7) is 3.36. The fourth-order valence-corrected chi connectivity index (χ4v) is 6.95. The third-order valence-electron chi connectivity index (χ3n) is 8.38. The number of hydrazone groups is 1. The van der Waals surface area contributed by atoms with Crippen molar-refractivity contribution in [3.8, 4) is 0 Å². The smallest absolute Gasteiger partial charge is 0.280 e. The maximum absolute atomic E-state index is 15.0. The summed E-state index contributed by atoms with van der Waals surface area (Å²) >= 11 is 0. The van der Waals surface area contributed by atoms with Crippen LogP contribution in [0, 0.1) is 23.2 Å². The molecule has 6 atom stereocenters. The number of nitrogens with zero attached hydrogens (tertiary/aromatic N) is 2. The predicted molar refractivity (Wildman–Crippen MR) is 120 cm³/mol. The first-order valence-electron chi connectivity index (χ1n) is 12.5. The van der Waals surface area contributed by atoms with Crippen LogP contribution in [-0.4, -0.2) is 43.3 Å². The molecule has 2 aliphatic carbocycles. The van der Waals surface area contributed by atoms with Crippen molar-refractivity contribution in [1.29, 1.82) is 0 Å². The van der Waals surface area contributed by atoms with E-state index in [4.69, 9.17) is 0 Å². The quantitative estimate of drug-likeness (QED) is 0.515. The van der Waals surface area contributed by atoms with Crippen LogP contribution in [0.4, 0.5) is 13.2 Å². The fraction of sp³-hybridized carbons (Fsp3) is 0.917. The average Bonchev–Trinajstić information content (AvgIpc) is 2.84. The van der Waals surface area contributed by atoms with Gasteiger partial charge in [-0.2, -0.15) is 5.10 Å². The molecule has 2 bridgehead atoms. The maximum Gasteiger partial charge on any atom is 0.280 e. The molecule has 2 saturated carbocycles. The van der Waals surface area contributed by atoms with Crippen LogP contribution in [0.3, 0.4) is 0 Å². The molecule has 0 amide bonds. The number of fused-ring (bicyclic) bond motifs is 2. The van der Waals surface area contributed by atoms with Gasteiger partial charge in [0.2, 0.25) is 0 Å². The first kappa shape index (κ1) is 23.1. The van der Waals surface area contributed by atoms with E-state index < -0.39 is 12.6 Å². The van der Waals surface area contributed by atoms with E-state index in [1.165, 1.54) is 38.5 Å². The van der Waals surface area contributed by atoms with Gasteiger partial charge in [-0.25, -0.2) is 13.2 Å². The SMILES string of the molecule is CCCC1C2CCCCC1(CC1CCC(CC3=NCC(C(F)F)=NN3)CC(F)C1)CN2. The van der Waals surface area contributed by atoms with Crippen LogP contribution >= 0.6 is 0 Å². The summed E-state index contributed by atoms with van der Waals surface area (Å²) in [6.07, 6.45) is 9.46. The molecule has 176 valence electrons. The summed E-state index contributed by atoms with van der Waals surface area (Å²) in [5, 5.41) is 7.60. The first-order chi connectivity index (χ1) is 15.0. The Bertz CT molecular complexity index is 667. The number of alkyl halides is 3. The number of nitrogens with one attached hydrogen (secondary N) is 2. The molecule has 6 unspecified atom stereocenters. The Balaban J connectivity index is 1.35. The molecule has 7 heteroatoms. The highest BCUT2D eigenvalue weighted by molar-refractivity contribution is 5.95. The van der Waals surface area contributed by atoms with Gasteiger partial charge in [-0.15, -0.1) is 0 Å². The molecular weight excluding hydrogens is 401 g/mol. The van der Waals surface area contributed by atoms with Crippen LogP contribution in [0.5, 0.6) is 0 Å². The number of hydrogen-bond donors (Lipinski definition) is 2. The van der Waals surface area contributed by atoms with Gasteiger partial charge in [-0.3, -0.25) is 10.4 Å². The second-order valence-corrected chi connectivity index (χ2v) is 10.6. The van der Waals surface area contributed by atoms with Gasteiger partial charge in [-0.05, 0) is 68.1 Å². The zero-order valence-corrected chi connectivity index (χ0v) is 18.9. The van der Waals surface area contributed by atoms with E-state index in [1.54, 1.807) is 0 Å². The van der Waals surface area contributed by atoms with Crippen molar-refractivity contribution in [1.82, 2.24) is 10.7 Å². The van der Waals surface area contributed by atoms with E-state index in [2.05, 4.69) is 27.8 Å². The third-order valence-corrected chi connectivity index (χ3v) is 8.38. The standard InChI is InChI=1S/C24H39F3N4/c1-2-5-19-20-6-3-4-9-24(19,15-29-20)13-17-8-7-16(10-18(25)11-17)12-22-28-14-21(23(26)27)30-31-22/h16-20,23,29H,2-15H2,1H3,(H,28,31). The van der Waals surface area contributed by atoms with Crippen LogP contribution in [0.25, 0.3) is 0 Å². The second kappa shape index (κ2) is 10.2. The van der Waals surface area contributed by atoms with E-state index in [-0.39, 0.29) is 18.2 Å². The molecule has 4 rings (SSSR count). The monoisotopic (exact) mass is 440 g/mol. The van der Waals surface area contributed by atoms with Crippen molar-refractivity contribution in [2.75, 3.05) is 13.1 Å². The molecule has 2 heterocycles. The van der Waals surface area contributed by atoms with Crippen molar-refractivity contribution >= 4 is 11.5 Å². The lowest BCUT2D eigenvalue weighted by Crippen LogP contribution is -2.33. The van der Waals surface area contributed by atoms with Gasteiger partial charge in [0.1, 0.15) is 17.7 Å². The predicted octanol–water partition coefficient (Wildman–Crippen LogP) is 5.48. The highest BCUT2D eigenvalue weighted by atomic mass is 19.3. The van der Waals surface area contributed by atoms with Crippen molar-refractivity contribution in [2.45, 2.75) is 103 Å². The molecule has 0 aromatic heterocycles. The minimum absolute atomic E-state index is 0.0517. The Morgan fingerprint density at radius 3 is 2.68 bits per heavy atom. The van der Waals surface area contributed by atoms with Gasteiger partial charge < -0.3 is 5.32 Å². The normalized spacial score (nSPS) is 38.8. The number of aliphatic imine (C=N–C) groups is 1. The van der Waals surface area contributed by atoms with Gasteiger partial charge in [0.15, 0.2) is 0 Å². The molecule has 2 N–H and O–H groups in total. The molecule has 31 heavy (non-hydrogen) atoms. The molecule has 3 fully saturated rings. The molecule has 0 radical (unpaired) electrons. The van der Waals surface area contributed by atoms with Crippen LogP contribution in [0.15, 0.2) is 10.1 Å². The minimum atomic E-state index is -2.57. The van der Waals surface area contributed by atoms with Crippen molar-refractivity contribution in [2.24, 2.45) is 33.3 Å². The lowest BCUT2D eigenvalue weighted by atomic mass is 9.66. The summed E-state index contributed by atoms with van der Waals surface area (Å²) in [4.78, 5) is 4.23. The Labute approximate surface area is 184 Å². The van der Waals surface area contributed by atoms with Crippen LogP contribution in [0.2, 0.25) is 0 Å². The maximum atomic E-state index is 15.0. The van der Waals surface area contributed by atoms with E-state index in [0.717, 1.165) is 31.7 Å². The van der Waals surface area contributed by atoms with Crippen molar-refractivity contribution in [3.63, 3.8) is 0 Å². The number of halogens is 3. The van der Waals surface area contributed by atoms with Gasteiger partial charge >= 0.3 is 0 Å². The van der Waals surface area contributed by atoms with E-state index in [1.807, 2.05) is 0 Å². The lowest BCUT2D eigenvalue weighted by molar-refractivity contribution is 0.122. The molecule has 4 aliphatic rings. The molecule has 2 aliphatic heterocycles. The summed E-state index contributed by atoms with van der Waals surface area (Å²) in [6, 6.07) is 0.663. The Morgan fingerprint density at radius 2 is 1.94 bits per heavy atom. The van der Waals surface area contributed by atoms with Crippen LogP contribution in [-0.2, 0) is 0 Å². The summed E-state index contributed by atoms with van der Waals surface area (Å²) in [5.74, 6) is 2.04. The third kappa shape index (κ3) is 5.45. The van der Waals surface area contributed by atoms with E-state index >= 15 is 0 Å². The number of rotatable bonds is 7. The molecule has 4 nitrogen and oxygen atoms in total. The van der Waals surface area contributed by atoms with Gasteiger partial charge in [0, 0.05) is 19.0 Å². The van der Waals surface area contributed by atoms with Gasteiger partial charge in [0.05, 0.1) is 6.54 Å². The molecule has 0 aromatic rings. The van der Waals surface area contributed by atoms with Crippen molar-refractivity contribution in [3.05, 3.63) is 0 Å². The molecule has 0 spiro atoms. The molecular formula is C24H39F3N4. The van der Waals surface area contributed by atoms with Crippen LogP contribution < -0.4 is 10.7 Å². The number of hydrogen-bond acceptors (Lipinski definition) is 4. The average molecular weight is 441 g/mol. The summed E-state index contributed by atoms with van der Waals surface area (Å²) in [7, 11) is 0. The minimum Gasteiger partial charge on any atom is -0.313 e. The Morgan fingerprint density at radius 1 is 1.13 bits per heavy atom. The van der Waals surface area contributed by atoms with E-state index in [0.29, 0.717) is 42.5 Å². The Hall–Kier alpha value is -1.11. The van der Waals surface area contributed by atoms with Crippen LogP contribution in [0.1, 0.15) is 84.0 Å².